The molecule has 182 valence electrons. The monoisotopic (exact) mass is 484 g/mol. The zero-order chi connectivity index (χ0) is 24.5. The Morgan fingerprint density at radius 1 is 1.24 bits per heavy atom. The molecule has 1 aromatic heterocycles. The van der Waals surface area contributed by atoms with Gasteiger partial charge >= 0.3 is 11.9 Å². The number of hydrogen-bond donors (Lipinski definition) is 7. The molecule has 2 rings (SSSR count). The number of rotatable bonds is 12. The number of H-pyrrole nitrogens is 1. The Kier molecular flexibility index (Phi) is 9.66. The van der Waals surface area contributed by atoms with Crippen LogP contribution in [0.4, 0.5) is 0 Å². The predicted octanol–water partition coefficient (Wildman–Crippen LogP) is -1.88. The Bertz CT molecular complexity index is 865. The van der Waals surface area contributed by atoms with Gasteiger partial charge in [-0.3, -0.25) is 19.2 Å². The van der Waals surface area contributed by atoms with Crippen molar-refractivity contribution in [2.75, 3.05) is 12.3 Å². The number of thiol groups is 1. The summed E-state index contributed by atoms with van der Waals surface area (Å²) in [5.74, 6) is -4.31. The molecule has 1 saturated heterocycles. The molecular weight excluding hydrogens is 456 g/mol. The highest BCUT2D eigenvalue weighted by Gasteiger charge is 2.37. The number of aromatic nitrogens is 2. The third-order valence-electron chi connectivity index (χ3n) is 5.23. The number of amides is 3. The Morgan fingerprint density at radius 2 is 1.97 bits per heavy atom. The van der Waals surface area contributed by atoms with E-state index < -0.39 is 53.8 Å². The molecule has 3 amide bonds. The quantitative estimate of drug-likeness (QED) is 0.165. The van der Waals surface area contributed by atoms with Gasteiger partial charge in [-0.15, -0.1) is 0 Å². The summed E-state index contributed by atoms with van der Waals surface area (Å²) in [6, 6.07) is -4.32. The maximum absolute atomic E-state index is 12.8. The summed E-state index contributed by atoms with van der Waals surface area (Å²) >= 11 is 4.08. The van der Waals surface area contributed by atoms with Gasteiger partial charge in [-0.05, 0) is 19.3 Å². The molecule has 0 radical (unpaired) electrons. The van der Waals surface area contributed by atoms with Crippen molar-refractivity contribution in [3.63, 3.8) is 0 Å². The summed E-state index contributed by atoms with van der Waals surface area (Å²) in [6.45, 7) is 0.278. The predicted molar refractivity (Wildman–Crippen MR) is 117 cm³/mol. The zero-order valence-corrected chi connectivity index (χ0v) is 18.7. The fourth-order valence-electron chi connectivity index (χ4n) is 3.47. The van der Waals surface area contributed by atoms with Gasteiger partial charge in [-0.1, -0.05) is 0 Å². The number of aliphatic carboxylic acids is 2. The van der Waals surface area contributed by atoms with Gasteiger partial charge in [0, 0.05) is 37.0 Å². The highest BCUT2D eigenvalue weighted by molar-refractivity contribution is 7.80. The maximum Gasteiger partial charge on any atom is 0.326 e. The first-order valence-electron chi connectivity index (χ1n) is 10.3. The second kappa shape index (κ2) is 12.2. The van der Waals surface area contributed by atoms with Crippen LogP contribution in [-0.4, -0.2) is 91.2 Å². The molecular formula is C19H28N6O7S. The summed E-state index contributed by atoms with van der Waals surface area (Å²) in [4.78, 5) is 68.1. The minimum absolute atomic E-state index is 0.0343. The van der Waals surface area contributed by atoms with E-state index in [9.17, 15) is 29.1 Å². The highest BCUT2D eigenvalue weighted by Crippen LogP contribution is 2.19. The standard InChI is InChI=1S/C19H28N6O7S/c20-11(3-4-15(26)27)18(30)25-5-1-2-14(25)17(29)24-13(8-33)16(28)23-12(19(31)32)6-10-7-21-9-22-10/h7,9,11-14,33H,1-6,8,20H2,(H,21,22)(H,23,28)(H,24,29)(H,26,27)(H,31,32). The van der Waals surface area contributed by atoms with E-state index in [4.69, 9.17) is 10.8 Å². The third kappa shape index (κ3) is 7.46. The Hall–Kier alpha value is -3.13. The third-order valence-corrected chi connectivity index (χ3v) is 5.60. The average molecular weight is 485 g/mol. The number of aromatic amines is 1. The minimum Gasteiger partial charge on any atom is -0.481 e. The lowest BCUT2D eigenvalue weighted by Crippen LogP contribution is -2.57. The summed E-state index contributed by atoms with van der Waals surface area (Å²) in [6.07, 6.45) is 3.34. The Balaban J connectivity index is 1.98. The van der Waals surface area contributed by atoms with Crippen LogP contribution in [-0.2, 0) is 30.4 Å². The molecule has 33 heavy (non-hydrogen) atoms. The number of carboxylic acids is 2. The molecule has 7 N–H and O–H groups in total. The number of nitrogens with two attached hydrogens (primary N) is 1. The lowest BCUT2D eigenvalue weighted by molar-refractivity contribution is -0.143. The molecule has 1 fully saturated rings. The molecule has 14 heteroatoms. The van der Waals surface area contributed by atoms with Crippen molar-refractivity contribution in [2.24, 2.45) is 5.73 Å². The molecule has 2 heterocycles. The van der Waals surface area contributed by atoms with E-state index in [1.807, 2.05) is 0 Å². The van der Waals surface area contributed by atoms with Crippen LogP contribution in [0.25, 0.3) is 0 Å². The SMILES string of the molecule is NC(CCC(=O)O)C(=O)N1CCCC1C(=O)NC(CS)C(=O)NC(Cc1cnc[nH]1)C(=O)O. The highest BCUT2D eigenvalue weighted by atomic mass is 32.1. The number of imidazole rings is 1. The van der Waals surface area contributed by atoms with Crippen molar-refractivity contribution in [1.82, 2.24) is 25.5 Å². The first kappa shape index (κ1) is 26.1. The van der Waals surface area contributed by atoms with Crippen LogP contribution in [0.15, 0.2) is 12.5 Å². The number of carboxylic acid groups (broad SMARTS) is 2. The van der Waals surface area contributed by atoms with E-state index in [-0.39, 0.29) is 31.6 Å². The number of nitrogens with one attached hydrogen (secondary N) is 3. The van der Waals surface area contributed by atoms with Crippen molar-refractivity contribution >= 4 is 42.3 Å². The second-order valence-electron chi connectivity index (χ2n) is 7.65. The molecule has 0 aromatic carbocycles. The number of likely N-dealkylation sites (tertiary alicyclic amines) is 1. The van der Waals surface area contributed by atoms with Gasteiger partial charge in [0.25, 0.3) is 0 Å². The molecule has 0 aliphatic carbocycles. The number of carbonyl (C=O) groups excluding carboxylic acids is 3. The van der Waals surface area contributed by atoms with Gasteiger partial charge in [0.2, 0.25) is 17.7 Å². The average Bonchev–Trinajstić information content (AvgIpc) is 3.46. The van der Waals surface area contributed by atoms with E-state index in [0.29, 0.717) is 18.5 Å². The van der Waals surface area contributed by atoms with E-state index >= 15 is 0 Å². The van der Waals surface area contributed by atoms with Gasteiger partial charge in [0.15, 0.2) is 0 Å². The van der Waals surface area contributed by atoms with E-state index in [1.54, 1.807) is 0 Å². The van der Waals surface area contributed by atoms with Gasteiger partial charge in [0.1, 0.15) is 18.1 Å². The van der Waals surface area contributed by atoms with Crippen molar-refractivity contribution < 1.29 is 34.2 Å². The first-order chi connectivity index (χ1) is 15.6. The molecule has 1 aromatic rings. The van der Waals surface area contributed by atoms with Crippen LogP contribution in [0.1, 0.15) is 31.4 Å². The minimum atomic E-state index is -1.26. The molecule has 4 unspecified atom stereocenters. The summed E-state index contributed by atoms with van der Waals surface area (Å²) in [5, 5.41) is 23.1. The smallest absolute Gasteiger partial charge is 0.326 e. The summed E-state index contributed by atoms with van der Waals surface area (Å²) in [5.41, 5.74) is 6.30. The van der Waals surface area contributed by atoms with Crippen LogP contribution >= 0.6 is 12.6 Å². The lowest BCUT2D eigenvalue weighted by atomic mass is 10.1. The van der Waals surface area contributed by atoms with Gasteiger partial charge in [-0.2, -0.15) is 12.6 Å². The number of nitrogens with zero attached hydrogens (tertiary/aromatic N) is 2. The largest absolute Gasteiger partial charge is 0.481 e. The molecule has 1 aliphatic rings. The van der Waals surface area contributed by atoms with E-state index in [2.05, 4.69) is 33.2 Å². The van der Waals surface area contributed by atoms with Crippen molar-refractivity contribution in [2.45, 2.75) is 56.3 Å². The van der Waals surface area contributed by atoms with Gasteiger partial charge in [0.05, 0.1) is 12.4 Å². The van der Waals surface area contributed by atoms with Crippen LogP contribution in [0, 0.1) is 0 Å². The van der Waals surface area contributed by atoms with Crippen LogP contribution in [0.2, 0.25) is 0 Å². The lowest BCUT2D eigenvalue weighted by Gasteiger charge is -2.28. The van der Waals surface area contributed by atoms with Crippen molar-refractivity contribution in [1.29, 1.82) is 0 Å². The summed E-state index contributed by atoms with van der Waals surface area (Å²) in [7, 11) is 0. The van der Waals surface area contributed by atoms with Gasteiger partial charge in [-0.25, -0.2) is 9.78 Å². The summed E-state index contributed by atoms with van der Waals surface area (Å²) < 4.78 is 0. The topological polar surface area (TPSA) is 208 Å². The Morgan fingerprint density at radius 3 is 2.55 bits per heavy atom. The molecule has 4 atom stereocenters. The Labute approximate surface area is 194 Å². The van der Waals surface area contributed by atoms with Crippen molar-refractivity contribution in [3.05, 3.63) is 18.2 Å². The number of carbonyl (C=O) groups is 5. The van der Waals surface area contributed by atoms with E-state index in [1.165, 1.54) is 17.4 Å². The first-order valence-corrected chi connectivity index (χ1v) is 11.0. The van der Waals surface area contributed by atoms with E-state index in [0.717, 1.165) is 0 Å². The molecule has 13 nitrogen and oxygen atoms in total. The molecule has 1 aliphatic heterocycles. The van der Waals surface area contributed by atoms with Crippen LogP contribution < -0.4 is 16.4 Å². The van der Waals surface area contributed by atoms with Crippen LogP contribution in [0.3, 0.4) is 0 Å². The van der Waals surface area contributed by atoms with Gasteiger partial charge < -0.3 is 36.5 Å². The maximum atomic E-state index is 12.8. The normalized spacial score (nSPS) is 18.2. The number of hydrogen-bond acceptors (Lipinski definition) is 8. The second-order valence-corrected chi connectivity index (χ2v) is 8.02. The fourth-order valence-corrected chi connectivity index (χ4v) is 3.73. The molecule has 0 saturated carbocycles. The molecule has 0 spiro atoms. The van der Waals surface area contributed by atoms with Crippen LogP contribution in [0.5, 0.6) is 0 Å². The molecule has 0 bridgehead atoms. The zero-order valence-electron chi connectivity index (χ0n) is 17.8. The fraction of sp³-hybridized carbons (Fsp3) is 0.579. The van der Waals surface area contributed by atoms with Crippen molar-refractivity contribution in [3.8, 4) is 0 Å².